The summed E-state index contributed by atoms with van der Waals surface area (Å²) in [5, 5.41) is 0. The van der Waals surface area contributed by atoms with Crippen LogP contribution < -0.4 is 4.90 Å². The van der Waals surface area contributed by atoms with E-state index in [2.05, 4.69) is 85.7 Å². The number of rotatable bonds is 6. The maximum absolute atomic E-state index is 13.2. The Hall–Kier alpha value is -2.91. The van der Waals surface area contributed by atoms with Gasteiger partial charge in [-0.2, -0.15) is 0 Å². The van der Waals surface area contributed by atoms with Crippen LogP contribution in [0.4, 0.5) is 5.69 Å². The molecule has 0 spiro atoms. The number of amides is 1. The molecule has 0 saturated heterocycles. The zero-order chi connectivity index (χ0) is 20.9. The molecular weight excluding hydrogens is 368 g/mol. The number of carbonyl (C=O) groups excluding carboxylic acids is 1. The second kappa shape index (κ2) is 9.27. The lowest BCUT2D eigenvalue weighted by molar-refractivity contribution is -0.118. The topological polar surface area (TPSA) is 23.6 Å². The van der Waals surface area contributed by atoms with Gasteiger partial charge in [0.15, 0.2) is 0 Å². The highest BCUT2D eigenvalue weighted by Gasteiger charge is 2.28. The number of para-hydroxylation sites is 1. The molecule has 3 aromatic rings. The summed E-state index contributed by atoms with van der Waals surface area (Å²) in [6, 6.07) is 27.4. The zero-order valence-electron chi connectivity index (χ0n) is 17.9. The molecule has 30 heavy (non-hydrogen) atoms. The van der Waals surface area contributed by atoms with Gasteiger partial charge in [-0.25, -0.2) is 0 Å². The van der Waals surface area contributed by atoms with Gasteiger partial charge in [0, 0.05) is 25.2 Å². The van der Waals surface area contributed by atoms with Crippen LogP contribution in [0.2, 0.25) is 0 Å². The lowest BCUT2D eigenvalue weighted by Crippen LogP contribution is -2.43. The molecule has 0 radical (unpaired) electrons. The van der Waals surface area contributed by atoms with E-state index in [4.69, 9.17) is 0 Å². The molecule has 3 aromatic carbocycles. The predicted octanol–water partition coefficient (Wildman–Crippen LogP) is 5.05. The van der Waals surface area contributed by atoms with E-state index < -0.39 is 0 Å². The van der Waals surface area contributed by atoms with Crippen molar-refractivity contribution < 1.29 is 4.79 Å². The summed E-state index contributed by atoms with van der Waals surface area (Å²) in [6.07, 6.45) is 2.34. The second-order valence-corrected chi connectivity index (χ2v) is 8.53. The molecule has 3 nitrogen and oxygen atoms in total. The Morgan fingerprint density at radius 1 is 0.900 bits per heavy atom. The number of hydrogen-bond donors (Lipinski definition) is 0. The van der Waals surface area contributed by atoms with Crippen molar-refractivity contribution in [1.29, 1.82) is 0 Å². The normalized spacial score (nSPS) is 15.8. The summed E-state index contributed by atoms with van der Waals surface area (Å²) in [5.74, 6) is 0.696. The molecule has 0 bridgehead atoms. The summed E-state index contributed by atoms with van der Waals surface area (Å²) >= 11 is 0. The van der Waals surface area contributed by atoms with Crippen LogP contribution in [-0.4, -0.2) is 38.0 Å². The van der Waals surface area contributed by atoms with Crippen molar-refractivity contribution in [3.05, 3.63) is 90.0 Å². The van der Waals surface area contributed by atoms with Gasteiger partial charge in [0.1, 0.15) is 0 Å². The van der Waals surface area contributed by atoms with Gasteiger partial charge in [0.25, 0.3) is 0 Å². The van der Waals surface area contributed by atoms with Crippen LogP contribution in [0.1, 0.15) is 17.5 Å². The lowest BCUT2D eigenvalue weighted by atomic mass is 9.91. The molecule has 154 valence electrons. The van der Waals surface area contributed by atoms with Crippen LogP contribution in [0, 0.1) is 5.92 Å². The Kier molecular flexibility index (Phi) is 6.29. The first-order valence-electron chi connectivity index (χ1n) is 10.8. The summed E-state index contributed by atoms with van der Waals surface area (Å²) in [5.41, 5.74) is 6.02. The average molecular weight is 399 g/mol. The summed E-state index contributed by atoms with van der Waals surface area (Å²) in [7, 11) is 4.21. The predicted molar refractivity (Wildman–Crippen MR) is 125 cm³/mol. The Morgan fingerprint density at radius 2 is 1.57 bits per heavy atom. The highest BCUT2D eigenvalue weighted by Crippen LogP contribution is 2.30. The van der Waals surface area contributed by atoms with Crippen LogP contribution in [0.25, 0.3) is 11.1 Å². The van der Waals surface area contributed by atoms with Crippen molar-refractivity contribution in [2.45, 2.75) is 19.3 Å². The third-order valence-corrected chi connectivity index (χ3v) is 5.84. The van der Waals surface area contributed by atoms with E-state index in [1.807, 2.05) is 17.0 Å². The molecule has 1 amide bonds. The van der Waals surface area contributed by atoms with Crippen LogP contribution in [0.3, 0.4) is 0 Å². The third-order valence-electron chi connectivity index (χ3n) is 5.84. The largest absolute Gasteiger partial charge is 0.312 e. The quantitative estimate of drug-likeness (QED) is 0.580. The van der Waals surface area contributed by atoms with Crippen LogP contribution in [0.15, 0.2) is 78.9 Å². The number of aryl methyl sites for hydroxylation is 1. The van der Waals surface area contributed by atoms with Crippen molar-refractivity contribution >= 4 is 11.6 Å². The number of anilines is 1. The Bertz CT molecular complexity index is 979. The lowest BCUT2D eigenvalue weighted by Gasteiger charge is -2.36. The highest BCUT2D eigenvalue weighted by atomic mass is 16.2. The van der Waals surface area contributed by atoms with Gasteiger partial charge in [0.05, 0.1) is 0 Å². The number of hydrogen-bond acceptors (Lipinski definition) is 2. The minimum atomic E-state index is 0.220. The minimum absolute atomic E-state index is 0.220. The summed E-state index contributed by atoms with van der Waals surface area (Å²) < 4.78 is 0. The average Bonchev–Trinajstić information content (AvgIpc) is 2.77. The monoisotopic (exact) mass is 398 g/mol. The molecule has 1 atom stereocenters. The van der Waals surface area contributed by atoms with Gasteiger partial charge in [0.2, 0.25) is 5.91 Å². The molecule has 3 heteroatoms. The SMILES string of the molecule is CN(C)C[C@@H]1Cc2ccccc2N(C(=O)CCc2ccc(-c3ccccc3)cc2)C1. The van der Waals surface area contributed by atoms with Gasteiger partial charge in [-0.1, -0.05) is 72.8 Å². The molecule has 0 aliphatic carbocycles. The van der Waals surface area contributed by atoms with Crippen molar-refractivity contribution in [2.24, 2.45) is 5.92 Å². The second-order valence-electron chi connectivity index (χ2n) is 8.53. The molecule has 4 rings (SSSR count). The van der Waals surface area contributed by atoms with E-state index in [9.17, 15) is 4.79 Å². The first kappa shape index (κ1) is 20.4. The van der Waals surface area contributed by atoms with E-state index in [-0.39, 0.29) is 5.91 Å². The van der Waals surface area contributed by atoms with Gasteiger partial charge in [-0.15, -0.1) is 0 Å². The standard InChI is InChI=1S/C27H30N2O/c1-28(2)19-22-18-25-10-6-7-11-26(25)29(20-22)27(30)17-14-21-12-15-24(16-13-21)23-8-4-3-5-9-23/h3-13,15-16,22H,14,17-20H2,1-2H3/t22-/m0/s1. The number of nitrogens with zero attached hydrogens (tertiary/aromatic N) is 2. The van der Waals surface area contributed by atoms with Crippen molar-refractivity contribution in [3.63, 3.8) is 0 Å². The van der Waals surface area contributed by atoms with E-state index >= 15 is 0 Å². The van der Waals surface area contributed by atoms with Gasteiger partial charge in [-0.05, 0) is 61.2 Å². The molecule has 0 N–H and O–H groups in total. The Labute approximate surface area is 180 Å². The van der Waals surface area contributed by atoms with Crippen molar-refractivity contribution in [1.82, 2.24) is 4.90 Å². The third kappa shape index (κ3) is 4.80. The van der Waals surface area contributed by atoms with Gasteiger partial charge >= 0.3 is 0 Å². The maximum atomic E-state index is 13.2. The van der Waals surface area contributed by atoms with Crippen LogP contribution in [0.5, 0.6) is 0 Å². The van der Waals surface area contributed by atoms with Gasteiger partial charge < -0.3 is 9.80 Å². The van der Waals surface area contributed by atoms with Crippen molar-refractivity contribution in [3.8, 4) is 11.1 Å². The van der Waals surface area contributed by atoms with Crippen molar-refractivity contribution in [2.75, 3.05) is 32.1 Å². The van der Waals surface area contributed by atoms with E-state index in [0.29, 0.717) is 12.3 Å². The highest BCUT2D eigenvalue weighted by molar-refractivity contribution is 5.94. The fraction of sp³-hybridized carbons (Fsp3) is 0.296. The van der Waals surface area contributed by atoms with Crippen LogP contribution in [-0.2, 0) is 17.6 Å². The minimum Gasteiger partial charge on any atom is -0.312 e. The molecular formula is C27H30N2O. The first-order valence-corrected chi connectivity index (χ1v) is 10.8. The molecule has 0 fully saturated rings. The number of carbonyl (C=O) groups is 1. The summed E-state index contributed by atoms with van der Waals surface area (Å²) in [4.78, 5) is 17.4. The van der Waals surface area contributed by atoms with Gasteiger partial charge in [-0.3, -0.25) is 4.79 Å². The summed E-state index contributed by atoms with van der Waals surface area (Å²) in [6.45, 7) is 1.81. The fourth-order valence-electron chi connectivity index (χ4n) is 4.43. The van der Waals surface area contributed by atoms with E-state index in [0.717, 1.165) is 31.6 Å². The molecule has 1 aliphatic rings. The zero-order valence-corrected chi connectivity index (χ0v) is 17.9. The Balaban J connectivity index is 1.43. The number of benzene rings is 3. The Morgan fingerprint density at radius 3 is 2.30 bits per heavy atom. The first-order chi connectivity index (χ1) is 14.6. The molecule has 0 saturated carbocycles. The molecule has 1 aliphatic heterocycles. The molecule has 1 heterocycles. The smallest absolute Gasteiger partial charge is 0.227 e. The molecule has 0 unspecified atom stereocenters. The number of fused-ring (bicyclic) bond motifs is 1. The van der Waals surface area contributed by atoms with E-state index in [1.165, 1.54) is 22.3 Å². The fourth-order valence-corrected chi connectivity index (χ4v) is 4.43. The van der Waals surface area contributed by atoms with Crippen LogP contribution >= 0.6 is 0 Å². The molecule has 0 aromatic heterocycles. The van der Waals surface area contributed by atoms with E-state index in [1.54, 1.807) is 0 Å². The maximum Gasteiger partial charge on any atom is 0.227 e.